The third-order valence-corrected chi connectivity index (χ3v) is 3.47. The fraction of sp³-hybridized carbons (Fsp3) is 0.583. The van der Waals surface area contributed by atoms with Gasteiger partial charge in [-0.15, -0.1) is 0 Å². The number of nitrogens with one attached hydrogen (secondary N) is 1. The summed E-state index contributed by atoms with van der Waals surface area (Å²) in [7, 11) is 1.51. The molecule has 0 amide bonds. The Balaban J connectivity index is 2.32. The highest BCUT2D eigenvalue weighted by molar-refractivity contribution is 5.61. The van der Waals surface area contributed by atoms with Crippen LogP contribution in [0.1, 0.15) is 25.0 Å². The first-order valence-electron chi connectivity index (χ1n) is 6.34. The van der Waals surface area contributed by atoms with E-state index in [0.29, 0.717) is 18.7 Å². The zero-order chi connectivity index (χ0) is 15.6. The number of hydrogen-bond acceptors (Lipinski definition) is 5. The number of aromatic nitrogens is 1. The summed E-state index contributed by atoms with van der Waals surface area (Å²) in [5.74, 6) is 0. The van der Waals surface area contributed by atoms with Gasteiger partial charge in [-0.05, 0) is 25.3 Å². The summed E-state index contributed by atoms with van der Waals surface area (Å²) in [6.07, 6.45) is -1.91. The summed E-state index contributed by atoms with van der Waals surface area (Å²) >= 11 is 0. The van der Waals surface area contributed by atoms with Gasteiger partial charge in [-0.25, -0.2) is 4.98 Å². The molecule has 2 rings (SSSR count). The second-order valence-corrected chi connectivity index (χ2v) is 4.80. The molecule has 0 bridgehead atoms. The topological polar surface area (TPSA) is 77.3 Å². The van der Waals surface area contributed by atoms with Crippen molar-refractivity contribution < 1.29 is 22.8 Å². The third kappa shape index (κ3) is 3.41. The molecular formula is C12H14F3N3O3. The number of nitrogens with zero attached hydrogens (tertiary/aromatic N) is 2. The van der Waals surface area contributed by atoms with E-state index in [1.807, 2.05) is 0 Å². The van der Waals surface area contributed by atoms with Gasteiger partial charge in [0.15, 0.2) is 0 Å². The van der Waals surface area contributed by atoms with Crippen molar-refractivity contribution in [2.24, 2.45) is 0 Å². The summed E-state index contributed by atoms with van der Waals surface area (Å²) < 4.78 is 43.2. The minimum atomic E-state index is -4.65. The molecule has 1 aromatic heterocycles. The first-order valence-corrected chi connectivity index (χ1v) is 6.34. The number of hydrogen-bond donors (Lipinski definition) is 1. The summed E-state index contributed by atoms with van der Waals surface area (Å²) in [6, 6.07) is 0.417. The van der Waals surface area contributed by atoms with Crippen LogP contribution >= 0.6 is 0 Å². The molecule has 21 heavy (non-hydrogen) atoms. The Morgan fingerprint density at radius 3 is 2.76 bits per heavy atom. The third-order valence-electron chi connectivity index (χ3n) is 3.47. The van der Waals surface area contributed by atoms with Crippen LogP contribution in [0.4, 0.5) is 24.5 Å². The van der Waals surface area contributed by atoms with Gasteiger partial charge in [-0.2, -0.15) is 13.2 Å². The summed E-state index contributed by atoms with van der Waals surface area (Å²) in [5.41, 5.74) is -1.83. The van der Waals surface area contributed by atoms with Crippen LogP contribution in [0.2, 0.25) is 0 Å². The van der Waals surface area contributed by atoms with Crippen LogP contribution in [0.3, 0.4) is 0 Å². The van der Waals surface area contributed by atoms with Gasteiger partial charge in [-0.1, -0.05) is 0 Å². The number of anilines is 1. The SMILES string of the molecule is COC1CCCC1Nc1cc(C(F)(F)F)ncc1[N+](=O)[O-]. The fourth-order valence-corrected chi connectivity index (χ4v) is 2.44. The number of alkyl halides is 3. The normalized spacial score (nSPS) is 22.3. The molecule has 2 unspecified atom stereocenters. The van der Waals surface area contributed by atoms with Crippen LogP contribution in [-0.2, 0) is 10.9 Å². The molecule has 1 fully saturated rings. The van der Waals surface area contributed by atoms with Gasteiger partial charge in [0.25, 0.3) is 0 Å². The van der Waals surface area contributed by atoms with Crippen LogP contribution in [0.25, 0.3) is 0 Å². The number of ether oxygens (including phenoxy) is 1. The van der Waals surface area contributed by atoms with Crippen molar-refractivity contribution in [3.8, 4) is 0 Å². The van der Waals surface area contributed by atoms with Crippen LogP contribution < -0.4 is 5.32 Å². The molecule has 1 aromatic rings. The van der Waals surface area contributed by atoms with Gasteiger partial charge in [-0.3, -0.25) is 10.1 Å². The Kier molecular flexibility index (Phi) is 4.31. The van der Waals surface area contributed by atoms with Crippen molar-refractivity contribution in [3.05, 3.63) is 28.1 Å². The Morgan fingerprint density at radius 2 is 2.19 bits per heavy atom. The summed E-state index contributed by atoms with van der Waals surface area (Å²) in [4.78, 5) is 13.3. The average Bonchev–Trinajstić information content (AvgIpc) is 2.84. The number of halogens is 3. The molecule has 0 radical (unpaired) electrons. The van der Waals surface area contributed by atoms with Gasteiger partial charge < -0.3 is 10.1 Å². The first-order chi connectivity index (χ1) is 9.82. The molecule has 1 N–H and O–H groups in total. The molecule has 0 saturated heterocycles. The molecule has 2 atom stereocenters. The number of rotatable bonds is 4. The van der Waals surface area contributed by atoms with Crippen molar-refractivity contribution in [2.75, 3.05) is 12.4 Å². The van der Waals surface area contributed by atoms with E-state index in [2.05, 4.69) is 10.3 Å². The van der Waals surface area contributed by atoms with E-state index < -0.39 is 22.5 Å². The molecule has 0 spiro atoms. The van der Waals surface area contributed by atoms with Crippen LogP contribution in [0, 0.1) is 10.1 Å². The quantitative estimate of drug-likeness (QED) is 0.683. The minimum absolute atomic E-state index is 0.174. The van der Waals surface area contributed by atoms with Crippen molar-refractivity contribution in [3.63, 3.8) is 0 Å². The largest absolute Gasteiger partial charge is 0.433 e. The number of methoxy groups -OCH3 is 1. The predicted molar refractivity (Wildman–Crippen MR) is 68.0 cm³/mol. The highest BCUT2D eigenvalue weighted by Gasteiger charge is 2.35. The van der Waals surface area contributed by atoms with E-state index >= 15 is 0 Å². The zero-order valence-electron chi connectivity index (χ0n) is 11.2. The number of nitro groups is 1. The highest BCUT2D eigenvalue weighted by Crippen LogP contribution is 2.34. The number of pyridine rings is 1. The minimum Gasteiger partial charge on any atom is -0.379 e. The molecule has 1 aliphatic carbocycles. The maximum Gasteiger partial charge on any atom is 0.433 e. The lowest BCUT2D eigenvalue weighted by Gasteiger charge is -2.21. The second kappa shape index (κ2) is 5.84. The lowest BCUT2D eigenvalue weighted by atomic mass is 10.2. The van der Waals surface area contributed by atoms with E-state index in [0.717, 1.165) is 12.8 Å². The van der Waals surface area contributed by atoms with Crippen molar-refractivity contribution in [2.45, 2.75) is 37.6 Å². The van der Waals surface area contributed by atoms with Gasteiger partial charge in [0.2, 0.25) is 0 Å². The second-order valence-electron chi connectivity index (χ2n) is 4.80. The van der Waals surface area contributed by atoms with Crippen molar-refractivity contribution in [1.29, 1.82) is 0 Å². The summed E-state index contributed by atoms with van der Waals surface area (Å²) in [6.45, 7) is 0. The molecule has 1 saturated carbocycles. The van der Waals surface area contributed by atoms with E-state index in [4.69, 9.17) is 4.74 Å². The summed E-state index contributed by atoms with van der Waals surface area (Å²) in [5, 5.41) is 13.7. The molecular weight excluding hydrogens is 291 g/mol. The van der Waals surface area contributed by atoms with Crippen LogP contribution in [0.15, 0.2) is 12.3 Å². The Bertz CT molecular complexity index is 536. The molecule has 116 valence electrons. The first kappa shape index (κ1) is 15.5. The molecule has 1 heterocycles. The van der Waals surface area contributed by atoms with Crippen LogP contribution in [0.5, 0.6) is 0 Å². The van der Waals surface area contributed by atoms with Gasteiger partial charge in [0, 0.05) is 7.11 Å². The monoisotopic (exact) mass is 305 g/mol. The van der Waals surface area contributed by atoms with Gasteiger partial charge in [0.1, 0.15) is 17.6 Å². The Hall–Kier alpha value is -1.90. The van der Waals surface area contributed by atoms with E-state index in [9.17, 15) is 23.3 Å². The Labute approximate surface area is 118 Å². The van der Waals surface area contributed by atoms with E-state index in [1.54, 1.807) is 0 Å². The fourth-order valence-electron chi connectivity index (χ4n) is 2.44. The molecule has 9 heteroatoms. The molecule has 0 aliphatic heterocycles. The maximum atomic E-state index is 12.7. The molecule has 6 nitrogen and oxygen atoms in total. The molecule has 0 aromatic carbocycles. The van der Waals surface area contributed by atoms with Gasteiger partial charge in [0.05, 0.1) is 17.1 Å². The standard InChI is InChI=1S/C12H14F3N3O3/c1-21-10-4-2-3-7(10)17-8-5-11(12(13,14)15)16-6-9(8)18(19)20/h5-7,10H,2-4H2,1H3,(H,16,17). The smallest absolute Gasteiger partial charge is 0.379 e. The zero-order valence-corrected chi connectivity index (χ0v) is 11.2. The molecule has 1 aliphatic rings. The predicted octanol–water partition coefficient (Wildman–Crippen LogP) is 2.99. The lowest BCUT2D eigenvalue weighted by molar-refractivity contribution is -0.384. The van der Waals surface area contributed by atoms with Gasteiger partial charge >= 0.3 is 11.9 Å². The maximum absolute atomic E-state index is 12.7. The lowest BCUT2D eigenvalue weighted by Crippen LogP contribution is -2.30. The average molecular weight is 305 g/mol. The van der Waals surface area contributed by atoms with E-state index in [-0.39, 0.29) is 17.8 Å². The Morgan fingerprint density at radius 1 is 1.48 bits per heavy atom. The van der Waals surface area contributed by atoms with Crippen molar-refractivity contribution in [1.82, 2.24) is 4.98 Å². The van der Waals surface area contributed by atoms with Crippen molar-refractivity contribution >= 4 is 11.4 Å². The highest BCUT2D eigenvalue weighted by atomic mass is 19.4. The van der Waals surface area contributed by atoms with E-state index in [1.165, 1.54) is 7.11 Å². The van der Waals surface area contributed by atoms with Crippen LogP contribution in [-0.4, -0.2) is 29.2 Å².